The Kier molecular flexibility index (Phi) is 4.89. The average molecular weight is 251 g/mol. The van der Waals surface area contributed by atoms with Gasteiger partial charge in [-0.3, -0.25) is 0 Å². The lowest BCUT2D eigenvalue weighted by molar-refractivity contribution is -0.166. The molecule has 0 spiro atoms. The van der Waals surface area contributed by atoms with E-state index in [1.54, 1.807) is 30.3 Å². The van der Waals surface area contributed by atoms with Crippen LogP contribution in [0.3, 0.4) is 0 Å². The standard InChI is InChI=1S/C11H13F4NO/c12-10(13)11(14,15)7-17-6-9(16)8-4-2-1-3-5-8/h1-5,9-10H,6-7,16H2. The van der Waals surface area contributed by atoms with Crippen molar-refractivity contribution in [2.45, 2.75) is 18.4 Å². The largest absolute Gasteiger partial charge is 0.373 e. The number of halogens is 4. The molecule has 6 heteroatoms. The first-order valence-electron chi connectivity index (χ1n) is 4.97. The molecule has 1 aromatic rings. The second kappa shape index (κ2) is 5.97. The summed E-state index contributed by atoms with van der Waals surface area (Å²) in [6, 6.07) is 8.07. The van der Waals surface area contributed by atoms with Gasteiger partial charge in [-0.2, -0.15) is 8.78 Å². The van der Waals surface area contributed by atoms with E-state index in [1.165, 1.54) is 0 Å². The molecular weight excluding hydrogens is 238 g/mol. The summed E-state index contributed by atoms with van der Waals surface area (Å²) < 4.78 is 53.1. The van der Waals surface area contributed by atoms with Crippen LogP contribution < -0.4 is 5.73 Å². The normalized spacial score (nSPS) is 14.0. The van der Waals surface area contributed by atoms with Crippen LogP contribution >= 0.6 is 0 Å². The second-order valence-corrected chi connectivity index (χ2v) is 3.59. The van der Waals surface area contributed by atoms with E-state index in [2.05, 4.69) is 4.74 Å². The first-order chi connectivity index (χ1) is 7.93. The molecule has 1 rings (SSSR count). The van der Waals surface area contributed by atoms with Gasteiger partial charge in [-0.15, -0.1) is 0 Å². The fourth-order valence-corrected chi connectivity index (χ4v) is 1.18. The Hall–Kier alpha value is -1.14. The molecule has 0 fully saturated rings. The van der Waals surface area contributed by atoms with Crippen LogP contribution in [0.1, 0.15) is 11.6 Å². The van der Waals surface area contributed by atoms with Gasteiger partial charge >= 0.3 is 12.3 Å². The van der Waals surface area contributed by atoms with Gasteiger partial charge in [0.1, 0.15) is 6.61 Å². The van der Waals surface area contributed by atoms with Crippen LogP contribution in [0.2, 0.25) is 0 Å². The molecule has 96 valence electrons. The Bertz CT molecular complexity index is 332. The fraction of sp³-hybridized carbons (Fsp3) is 0.455. The van der Waals surface area contributed by atoms with E-state index in [0.29, 0.717) is 5.56 Å². The number of rotatable bonds is 6. The minimum Gasteiger partial charge on any atom is -0.373 e. The van der Waals surface area contributed by atoms with E-state index >= 15 is 0 Å². The molecule has 17 heavy (non-hydrogen) atoms. The molecule has 0 heterocycles. The Morgan fingerprint density at radius 1 is 1.18 bits per heavy atom. The summed E-state index contributed by atoms with van der Waals surface area (Å²) in [7, 11) is 0. The number of ether oxygens (including phenoxy) is 1. The van der Waals surface area contributed by atoms with Gasteiger partial charge in [0.25, 0.3) is 0 Å². The van der Waals surface area contributed by atoms with Gasteiger partial charge in [0.15, 0.2) is 0 Å². The summed E-state index contributed by atoms with van der Waals surface area (Å²) in [6.07, 6.45) is -3.73. The Balaban J connectivity index is 2.37. The van der Waals surface area contributed by atoms with Crippen LogP contribution in [0.4, 0.5) is 17.6 Å². The van der Waals surface area contributed by atoms with Crippen LogP contribution in [0.5, 0.6) is 0 Å². The SMILES string of the molecule is NC(COCC(F)(F)C(F)F)c1ccccc1. The van der Waals surface area contributed by atoms with Crippen LogP contribution in [0.25, 0.3) is 0 Å². The number of hydrogen-bond donors (Lipinski definition) is 1. The minimum absolute atomic E-state index is 0.230. The maximum atomic E-state index is 12.5. The van der Waals surface area contributed by atoms with Crippen LogP contribution in [0.15, 0.2) is 30.3 Å². The molecule has 1 aromatic carbocycles. The summed E-state index contributed by atoms with van der Waals surface area (Å²) in [4.78, 5) is 0. The fourth-order valence-electron chi connectivity index (χ4n) is 1.18. The third-order valence-electron chi connectivity index (χ3n) is 2.14. The first kappa shape index (κ1) is 13.9. The predicted molar refractivity (Wildman–Crippen MR) is 55.1 cm³/mol. The lowest BCUT2D eigenvalue weighted by atomic mass is 10.1. The zero-order chi connectivity index (χ0) is 12.9. The van der Waals surface area contributed by atoms with Gasteiger partial charge in [-0.25, -0.2) is 8.78 Å². The molecule has 0 aliphatic heterocycles. The van der Waals surface area contributed by atoms with E-state index in [4.69, 9.17) is 5.73 Å². The van der Waals surface area contributed by atoms with E-state index in [-0.39, 0.29) is 6.61 Å². The quantitative estimate of drug-likeness (QED) is 0.789. The lowest BCUT2D eigenvalue weighted by Crippen LogP contribution is -2.33. The van der Waals surface area contributed by atoms with Crippen molar-refractivity contribution >= 4 is 0 Å². The Labute approximate surface area is 96.4 Å². The maximum absolute atomic E-state index is 12.5. The van der Waals surface area contributed by atoms with Gasteiger partial charge in [0.2, 0.25) is 0 Å². The zero-order valence-electron chi connectivity index (χ0n) is 8.95. The summed E-state index contributed by atoms with van der Waals surface area (Å²) in [6.45, 7) is -1.56. The van der Waals surface area contributed by atoms with Crippen molar-refractivity contribution in [2.75, 3.05) is 13.2 Å². The van der Waals surface area contributed by atoms with Gasteiger partial charge in [-0.05, 0) is 5.56 Å². The molecule has 2 nitrogen and oxygen atoms in total. The minimum atomic E-state index is -4.13. The van der Waals surface area contributed by atoms with Gasteiger partial charge < -0.3 is 10.5 Å². The second-order valence-electron chi connectivity index (χ2n) is 3.59. The summed E-state index contributed by atoms with van der Waals surface area (Å²) in [5.74, 6) is -4.13. The maximum Gasteiger partial charge on any atom is 0.330 e. The molecule has 0 aliphatic carbocycles. The zero-order valence-corrected chi connectivity index (χ0v) is 8.95. The van der Waals surface area contributed by atoms with Gasteiger partial charge in [-0.1, -0.05) is 30.3 Å². The smallest absolute Gasteiger partial charge is 0.330 e. The molecule has 0 saturated carbocycles. The molecule has 0 saturated heterocycles. The number of alkyl halides is 4. The van der Waals surface area contributed by atoms with E-state index in [1.807, 2.05) is 0 Å². The Morgan fingerprint density at radius 2 is 1.76 bits per heavy atom. The molecule has 2 N–H and O–H groups in total. The van der Waals surface area contributed by atoms with Crippen LogP contribution in [-0.4, -0.2) is 25.6 Å². The van der Waals surface area contributed by atoms with Crippen molar-refractivity contribution in [3.8, 4) is 0 Å². The summed E-state index contributed by atoms with van der Waals surface area (Å²) in [5, 5.41) is 0. The number of nitrogens with two attached hydrogens (primary N) is 1. The van der Waals surface area contributed by atoms with E-state index in [9.17, 15) is 17.6 Å². The van der Waals surface area contributed by atoms with Crippen molar-refractivity contribution in [3.05, 3.63) is 35.9 Å². The number of benzene rings is 1. The predicted octanol–water partition coefficient (Wildman–Crippen LogP) is 2.60. The molecular formula is C11H13F4NO. The summed E-state index contributed by atoms with van der Waals surface area (Å²) >= 11 is 0. The van der Waals surface area contributed by atoms with E-state index in [0.717, 1.165) is 0 Å². The first-order valence-corrected chi connectivity index (χ1v) is 4.97. The lowest BCUT2D eigenvalue weighted by Gasteiger charge is -2.17. The van der Waals surface area contributed by atoms with Crippen molar-refractivity contribution in [1.29, 1.82) is 0 Å². The molecule has 1 atom stereocenters. The molecule has 0 amide bonds. The highest BCUT2D eigenvalue weighted by atomic mass is 19.3. The van der Waals surface area contributed by atoms with Crippen molar-refractivity contribution in [2.24, 2.45) is 5.73 Å². The van der Waals surface area contributed by atoms with Crippen molar-refractivity contribution in [3.63, 3.8) is 0 Å². The monoisotopic (exact) mass is 251 g/mol. The third kappa shape index (κ3) is 4.32. The highest BCUT2D eigenvalue weighted by Gasteiger charge is 2.41. The highest BCUT2D eigenvalue weighted by Crippen LogP contribution is 2.23. The molecule has 0 aromatic heterocycles. The van der Waals surface area contributed by atoms with Crippen molar-refractivity contribution < 1.29 is 22.3 Å². The molecule has 0 radical (unpaired) electrons. The highest BCUT2D eigenvalue weighted by molar-refractivity contribution is 5.18. The molecule has 1 unspecified atom stereocenters. The molecule has 0 bridgehead atoms. The third-order valence-corrected chi connectivity index (χ3v) is 2.14. The van der Waals surface area contributed by atoms with Crippen LogP contribution in [-0.2, 0) is 4.74 Å². The average Bonchev–Trinajstić information content (AvgIpc) is 2.29. The Morgan fingerprint density at radius 3 is 2.29 bits per heavy atom. The number of hydrogen-bond acceptors (Lipinski definition) is 2. The van der Waals surface area contributed by atoms with E-state index < -0.39 is 25.0 Å². The summed E-state index contributed by atoms with van der Waals surface area (Å²) in [5.41, 5.74) is 6.34. The molecule has 0 aliphatic rings. The van der Waals surface area contributed by atoms with Gasteiger partial charge in [0, 0.05) is 0 Å². The van der Waals surface area contributed by atoms with Gasteiger partial charge in [0.05, 0.1) is 12.6 Å². The topological polar surface area (TPSA) is 35.2 Å². The van der Waals surface area contributed by atoms with Crippen LogP contribution in [0, 0.1) is 0 Å². The van der Waals surface area contributed by atoms with Crippen molar-refractivity contribution in [1.82, 2.24) is 0 Å².